The Kier molecular flexibility index (Phi) is 3.53. The smallest absolute Gasteiger partial charge is 0.257 e. The van der Waals surface area contributed by atoms with Crippen molar-refractivity contribution >= 4 is 5.91 Å². The van der Waals surface area contributed by atoms with Crippen molar-refractivity contribution in [3.05, 3.63) is 59.0 Å². The van der Waals surface area contributed by atoms with Crippen LogP contribution in [0.15, 0.2) is 41.0 Å². The van der Waals surface area contributed by atoms with E-state index in [4.69, 9.17) is 10.8 Å². The SMILES string of the molecule is C#Cc1ccc(C2CCCN2C(=O)c2ccoc2C)cc1. The number of benzene rings is 1. The molecule has 3 rings (SSSR count). The van der Waals surface area contributed by atoms with E-state index in [0.29, 0.717) is 11.3 Å². The van der Waals surface area contributed by atoms with Gasteiger partial charge in [-0.05, 0) is 43.5 Å². The molecule has 2 heterocycles. The Hall–Kier alpha value is -2.47. The third-order valence-corrected chi connectivity index (χ3v) is 4.07. The van der Waals surface area contributed by atoms with Gasteiger partial charge in [-0.3, -0.25) is 4.79 Å². The summed E-state index contributed by atoms with van der Waals surface area (Å²) in [6.07, 6.45) is 8.95. The van der Waals surface area contributed by atoms with Crippen LogP contribution in [-0.2, 0) is 0 Å². The maximum Gasteiger partial charge on any atom is 0.257 e. The fraction of sp³-hybridized carbons (Fsp3) is 0.278. The van der Waals surface area contributed by atoms with Crippen LogP contribution in [-0.4, -0.2) is 17.4 Å². The molecule has 1 aliphatic heterocycles. The third-order valence-electron chi connectivity index (χ3n) is 4.07. The van der Waals surface area contributed by atoms with E-state index in [-0.39, 0.29) is 11.9 Å². The van der Waals surface area contributed by atoms with E-state index in [1.54, 1.807) is 12.3 Å². The van der Waals surface area contributed by atoms with Crippen LogP contribution in [0.1, 0.15) is 46.1 Å². The van der Waals surface area contributed by atoms with Gasteiger partial charge in [0.1, 0.15) is 5.76 Å². The van der Waals surface area contributed by atoms with Gasteiger partial charge in [-0.15, -0.1) is 6.42 Å². The predicted molar refractivity (Wildman–Crippen MR) is 80.8 cm³/mol. The first-order chi connectivity index (χ1) is 10.2. The molecule has 3 nitrogen and oxygen atoms in total. The van der Waals surface area contributed by atoms with Crippen molar-refractivity contribution in [1.29, 1.82) is 0 Å². The van der Waals surface area contributed by atoms with Crippen molar-refractivity contribution in [3.8, 4) is 12.3 Å². The summed E-state index contributed by atoms with van der Waals surface area (Å²) in [5.74, 6) is 3.34. The zero-order chi connectivity index (χ0) is 14.8. The van der Waals surface area contributed by atoms with Crippen LogP contribution in [0.4, 0.5) is 0 Å². The Morgan fingerprint density at radius 3 is 2.71 bits per heavy atom. The highest BCUT2D eigenvalue weighted by Gasteiger charge is 2.31. The van der Waals surface area contributed by atoms with Crippen LogP contribution < -0.4 is 0 Å². The summed E-state index contributed by atoms with van der Waals surface area (Å²) < 4.78 is 5.25. The molecule has 1 aromatic heterocycles. The summed E-state index contributed by atoms with van der Waals surface area (Å²) in [6, 6.07) is 9.77. The molecule has 1 atom stereocenters. The number of terminal acetylenes is 1. The zero-order valence-corrected chi connectivity index (χ0v) is 12.0. The second kappa shape index (κ2) is 5.49. The molecule has 1 saturated heterocycles. The number of likely N-dealkylation sites (tertiary alicyclic amines) is 1. The molecule has 0 spiro atoms. The molecule has 21 heavy (non-hydrogen) atoms. The van der Waals surface area contributed by atoms with E-state index in [1.165, 1.54) is 0 Å². The maximum atomic E-state index is 12.7. The minimum atomic E-state index is 0.0461. The van der Waals surface area contributed by atoms with Gasteiger partial charge >= 0.3 is 0 Å². The second-order valence-electron chi connectivity index (χ2n) is 5.31. The average Bonchev–Trinajstić information content (AvgIpc) is 3.15. The lowest BCUT2D eigenvalue weighted by molar-refractivity contribution is 0.0734. The fourth-order valence-electron chi connectivity index (χ4n) is 2.92. The second-order valence-corrected chi connectivity index (χ2v) is 5.31. The molecule has 0 saturated carbocycles. The lowest BCUT2D eigenvalue weighted by atomic mass is 10.0. The molecule has 1 unspecified atom stereocenters. The summed E-state index contributed by atoms with van der Waals surface area (Å²) in [5.41, 5.74) is 2.66. The van der Waals surface area contributed by atoms with E-state index < -0.39 is 0 Å². The first-order valence-corrected chi connectivity index (χ1v) is 7.12. The predicted octanol–water partition coefficient (Wildman–Crippen LogP) is 3.55. The zero-order valence-electron chi connectivity index (χ0n) is 12.0. The Labute approximate surface area is 124 Å². The molecular formula is C18H17NO2. The van der Waals surface area contributed by atoms with Crippen molar-refractivity contribution < 1.29 is 9.21 Å². The van der Waals surface area contributed by atoms with Gasteiger partial charge < -0.3 is 9.32 Å². The normalized spacial score (nSPS) is 17.7. The number of carbonyl (C=O) groups is 1. The van der Waals surface area contributed by atoms with E-state index in [0.717, 1.165) is 30.5 Å². The monoisotopic (exact) mass is 279 g/mol. The highest BCUT2D eigenvalue weighted by Crippen LogP contribution is 2.33. The van der Waals surface area contributed by atoms with Crippen molar-refractivity contribution in [2.75, 3.05) is 6.54 Å². The topological polar surface area (TPSA) is 33.5 Å². The van der Waals surface area contributed by atoms with Crippen LogP contribution >= 0.6 is 0 Å². The molecular weight excluding hydrogens is 262 g/mol. The van der Waals surface area contributed by atoms with Gasteiger partial charge in [-0.25, -0.2) is 0 Å². The minimum absolute atomic E-state index is 0.0461. The number of hydrogen-bond acceptors (Lipinski definition) is 2. The van der Waals surface area contributed by atoms with Crippen molar-refractivity contribution in [2.45, 2.75) is 25.8 Å². The molecule has 1 aliphatic rings. The van der Waals surface area contributed by atoms with Crippen molar-refractivity contribution in [3.63, 3.8) is 0 Å². The van der Waals surface area contributed by atoms with E-state index in [1.807, 2.05) is 36.1 Å². The van der Waals surface area contributed by atoms with Gasteiger partial charge in [0.15, 0.2) is 0 Å². The number of hydrogen-bond donors (Lipinski definition) is 0. The molecule has 0 N–H and O–H groups in total. The van der Waals surface area contributed by atoms with Crippen LogP contribution in [0.3, 0.4) is 0 Å². The van der Waals surface area contributed by atoms with E-state index in [2.05, 4.69) is 5.92 Å². The van der Waals surface area contributed by atoms with Gasteiger partial charge in [-0.1, -0.05) is 18.1 Å². The summed E-state index contributed by atoms with van der Waals surface area (Å²) >= 11 is 0. The lowest BCUT2D eigenvalue weighted by Crippen LogP contribution is -2.30. The van der Waals surface area contributed by atoms with Crippen LogP contribution in [0.25, 0.3) is 0 Å². The molecule has 2 aromatic rings. The Morgan fingerprint density at radius 2 is 2.10 bits per heavy atom. The first kappa shape index (κ1) is 13.5. The lowest BCUT2D eigenvalue weighted by Gasteiger charge is -2.25. The van der Waals surface area contributed by atoms with Gasteiger partial charge in [-0.2, -0.15) is 0 Å². The molecule has 1 fully saturated rings. The van der Waals surface area contributed by atoms with Crippen molar-refractivity contribution in [2.24, 2.45) is 0 Å². The minimum Gasteiger partial charge on any atom is -0.469 e. The van der Waals surface area contributed by atoms with Gasteiger partial charge in [0.2, 0.25) is 0 Å². The van der Waals surface area contributed by atoms with Crippen LogP contribution in [0.5, 0.6) is 0 Å². The van der Waals surface area contributed by atoms with E-state index in [9.17, 15) is 4.79 Å². The largest absolute Gasteiger partial charge is 0.469 e. The molecule has 1 amide bonds. The standard InChI is InChI=1S/C18H17NO2/c1-3-14-6-8-15(9-7-14)17-5-4-11-19(17)18(20)16-10-12-21-13(16)2/h1,6-10,12,17H,4-5,11H2,2H3. The number of amides is 1. The number of rotatable bonds is 2. The Bertz CT molecular complexity index is 691. The van der Waals surface area contributed by atoms with Crippen LogP contribution in [0, 0.1) is 19.3 Å². The molecule has 0 bridgehead atoms. The Balaban J connectivity index is 1.87. The fourth-order valence-corrected chi connectivity index (χ4v) is 2.92. The molecule has 106 valence electrons. The molecule has 1 aromatic carbocycles. The average molecular weight is 279 g/mol. The molecule has 0 radical (unpaired) electrons. The van der Waals surface area contributed by atoms with Crippen molar-refractivity contribution in [1.82, 2.24) is 4.90 Å². The summed E-state index contributed by atoms with van der Waals surface area (Å²) in [7, 11) is 0. The number of nitrogens with zero attached hydrogens (tertiary/aromatic N) is 1. The number of aryl methyl sites for hydroxylation is 1. The van der Waals surface area contributed by atoms with Crippen LogP contribution in [0.2, 0.25) is 0 Å². The number of furan rings is 1. The third kappa shape index (κ3) is 2.45. The van der Waals surface area contributed by atoms with Gasteiger partial charge in [0.25, 0.3) is 5.91 Å². The van der Waals surface area contributed by atoms with Gasteiger partial charge in [0.05, 0.1) is 17.9 Å². The first-order valence-electron chi connectivity index (χ1n) is 7.12. The summed E-state index contributed by atoms with van der Waals surface area (Å²) in [5, 5.41) is 0. The number of carbonyl (C=O) groups excluding carboxylic acids is 1. The maximum absolute atomic E-state index is 12.7. The quantitative estimate of drug-likeness (QED) is 0.788. The highest BCUT2D eigenvalue weighted by atomic mass is 16.3. The molecule has 3 heteroatoms. The highest BCUT2D eigenvalue weighted by molar-refractivity contribution is 5.95. The summed E-state index contributed by atoms with van der Waals surface area (Å²) in [6.45, 7) is 2.60. The summed E-state index contributed by atoms with van der Waals surface area (Å²) in [4.78, 5) is 14.6. The van der Waals surface area contributed by atoms with Gasteiger partial charge in [0, 0.05) is 12.1 Å². The van der Waals surface area contributed by atoms with E-state index >= 15 is 0 Å². The molecule has 0 aliphatic carbocycles. The Morgan fingerprint density at radius 1 is 1.33 bits per heavy atom.